The summed E-state index contributed by atoms with van der Waals surface area (Å²) in [5, 5.41) is 11.3. The number of nitrogens with zero attached hydrogens (tertiary/aromatic N) is 4. The van der Waals surface area contributed by atoms with E-state index < -0.39 is 38.1 Å². The summed E-state index contributed by atoms with van der Waals surface area (Å²) in [6.45, 7) is 1.90. The molecule has 1 fully saturated rings. The number of hydrogen-bond donors (Lipinski definition) is 2. The maximum absolute atomic E-state index is 13.8. The van der Waals surface area contributed by atoms with Gasteiger partial charge in [0.05, 0.1) is 31.8 Å². The lowest BCUT2D eigenvalue weighted by Crippen LogP contribution is -2.55. The van der Waals surface area contributed by atoms with Gasteiger partial charge in [-0.2, -0.15) is 4.31 Å². The molecule has 1 spiro atoms. The molecule has 2 aliphatic rings. The van der Waals surface area contributed by atoms with E-state index in [2.05, 4.69) is 9.97 Å². The van der Waals surface area contributed by atoms with Crippen molar-refractivity contribution in [3.8, 4) is 5.75 Å². The quantitative estimate of drug-likeness (QED) is 0.484. The highest BCUT2D eigenvalue weighted by Gasteiger charge is 2.51. The molecule has 1 saturated heterocycles. The Bertz CT molecular complexity index is 1500. The minimum absolute atomic E-state index is 0.0187. The number of imidazole rings is 1. The summed E-state index contributed by atoms with van der Waals surface area (Å²) in [5.41, 5.74) is 1.70. The molecule has 13 heteroatoms. The average Bonchev–Trinajstić information content (AvgIpc) is 3.48. The Balaban J connectivity index is 1.68. The summed E-state index contributed by atoms with van der Waals surface area (Å²) in [6, 6.07) is 4.81. The number of rotatable bonds is 6. The van der Waals surface area contributed by atoms with Crippen LogP contribution < -0.4 is 4.74 Å². The van der Waals surface area contributed by atoms with Crippen LogP contribution in [0.1, 0.15) is 37.1 Å². The van der Waals surface area contributed by atoms with Crippen LogP contribution in [0.15, 0.2) is 35.7 Å². The maximum Gasteiger partial charge on any atom is 0.262 e. The number of hydrogen-bond acceptors (Lipinski definition) is 7. The smallest absolute Gasteiger partial charge is 0.262 e. The van der Waals surface area contributed by atoms with Gasteiger partial charge in [-0.15, -0.1) is 0 Å². The summed E-state index contributed by atoms with van der Waals surface area (Å²) in [6.07, 6.45) is 3.77. The van der Waals surface area contributed by atoms with Crippen LogP contribution in [0.25, 0.3) is 10.9 Å². The first kappa shape index (κ1) is 25.2. The summed E-state index contributed by atoms with van der Waals surface area (Å²) < 4.78 is 62.5. The van der Waals surface area contributed by atoms with Gasteiger partial charge in [0.15, 0.2) is 5.03 Å². The fourth-order valence-corrected chi connectivity index (χ4v) is 8.39. The molecule has 3 aromatic rings. The van der Waals surface area contributed by atoms with E-state index in [1.54, 1.807) is 25.6 Å². The molecule has 36 heavy (non-hydrogen) atoms. The largest absolute Gasteiger partial charge is 0.497 e. The number of aryl methyl sites for hydroxylation is 1. The molecular weight excluding hydrogens is 506 g/mol. The zero-order valence-corrected chi connectivity index (χ0v) is 22.1. The van der Waals surface area contributed by atoms with Gasteiger partial charge in [-0.05, 0) is 37.5 Å². The molecule has 2 aromatic heterocycles. The van der Waals surface area contributed by atoms with E-state index in [0.29, 0.717) is 37.4 Å². The Hall–Kier alpha value is -2.45. The third kappa shape index (κ3) is 3.84. The second-order valence-corrected chi connectivity index (χ2v) is 13.6. The van der Waals surface area contributed by atoms with Crippen molar-refractivity contribution >= 4 is 30.9 Å². The number of aromatic amines is 1. The second-order valence-electron chi connectivity index (χ2n) is 9.53. The van der Waals surface area contributed by atoms with E-state index in [1.165, 1.54) is 21.1 Å². The zero-order chi connectivity index (χ0) is 25.9. The van der Waals surface area contributed by atoms with Gasteiger partial charge in [0, 0.05) is 61.0 Å². The molecule has 2 aliphatic heterocycles. The lowest BCUT2D eigenvalue weighted by molar-refractivity contribution is 0.117. The molecule has 0 unspecified atom stereocenters. The van der Waals surface area contributed by atoms with Crippen LogP contribution >= 0.6 is 0 Å². The third-order valence-electron chi connectivity index (χ3n) is 7.57. The number of aliphatic hydroxyl groups excluding tert-OH is 1. The third-order valence-corrected chi connectivity index (χ3v) is 11.2. The van der Waals surface area contributed by atoms with Crippen molar-refractivity contribution in [3.63, 3.8) is 0 Å². The number of aliphatic hydroxyl groups is 1. The van der Waals surface area contributed by atoms with E-state index in [4.69, 9.17) is 4.74 Å². The van der Waals surface area contributed by atoms with Gasteiger partial charge >= 0.3 is 0 Å². The lowest BCUT2D eigenvalue weighted by Gasteiger charge is -2.49. The Kier molecular flexibility index (Phi) is 6.19. The molecule has 0 saturated carbocycles. The van der Waals surface area contributed by atoms with Crippen LogP contribution in [-0.4, -0.2) is 84.2 Å². The minimum atomic E-state index is -4.05. The van der Waals surface area contributed by atoms with Gasteiger partial charge < -0.3 is 19.4 Å². The van der Waals surface area contributed by atoms with Crippen LogP contribution in [-0.2, 0) is 32.5 Å². The Morgan fingerprint density at radius 1 is 1.22 bits per heavy atom. The van der Waals surface area contributed by atoms with E-state index in [0.717, 1.165) is 16.5 Å². The van der Waals surface area contributed by atoms with Crippen molar-refractivity contribution in [1.82, 2.24) is 23.1 Å². The van der Waals surface area contributed by atoms with Crippen molar-refractivity contribution < 1.29 is 26.7 Å². The number of nitrogens with one attached hydrogen (secondary N) is 1. The molecule has 196 valence electrons. The summed E-state index contributed by atoms with van der Waals surface area (Å²) in [7, 11) is -4.15. The predicted molar refractivity (Wildman–Crippen MR) is 134 cm³/mol. The fourth-order valence-electron chi connectivity index (χ4n) is 5.64. The second kappa shape index (κ2) is 8.84. The van der Waals surface area contributed by atoms with Crippen LogP contribution in [0.3, 0.4) is 0 Å². The topological polar surface area (TPSA) is 138 Å². The highest BCUT2D eigenvalue weighted by molar-refractivity contribution is 7.89. The minimum Gasteiger partial charge on any atom is -0.497 e. The number of piperidine rings is 1. The standard InChI is InChI=1S/C23H31N5O6S2/c1-4-35(30,31)27-9-7-23(8-10-27)14-28(36(32,33)20-12-26(2)15-24-20)19(13-29)22-21(23)17-6-5-16(34-3)11-18(17)25-22/h5-6,11-12,15,19,25,29H,4,7-10,13-14H2,1-3H3/t19-/m0/s1. The maximum atomic E-state index is 13.8. The van der Waals surface area contributed by atoms with Gasteiger partial charge in [0.2, 0.25) is 10.0 Å². The highest BCUT2D eigenvalue weighted by atomic mass is 32.2. The van der Waals surface area contributed by atoms with E-state index in [9.17, 15) is 21.9 Å². The summed E-state index contributed by atoms with van der Waals surface area (Å²) in [5.74, 6) is 0.669. The summed E-state index contributed by atoms with van der Waals surface area (Å²) in [4.78, 5) is 7.45. The van der Waals surface area contributed by atoms with Gasteiger partial charge in [0.25, 0.3) is 10.0 Å². The number of H-pyrrole nitrogens is 1. The van der Waals surface area contributed by atoms with Gasteiger partial charge in [-0.25, -0.2) is 26.1 Å². The van der Waals surface area contributed by atoms with Crippen molar-refractivity contribution in [2.75, 3.05) is 39.1 Å². The molecule has 4 heterocycles. The van der Waals surface area contributed by atoms with Crippen LogP contribution in [0.5, 0.6) is 5.75 Å². The first-order valence-corrected chi connectivity index (χ1v) is 14.9. The van der Waals surface area contributed by atoms with Crippen molar-refractivity contribution in [2.45, 2.75) is 36.2 Å². The number of aromatic nitrogens is 3. The van der Waals surface area contributed by atoms with Crippen LogP contribution in [0.2, 0.25) is 0 Å². The van der Waals surface area contributed by atoms with Crippen molar-refractivity contribution in [3.05, 3.63) is 42.0 Å². The monoisotopic (exact) mass is 537 g/mol. The van der Waals surface area contributed by atoms with E-state index in [1.807, 2.05) is 18.2 Å². The zero-order valence-electron chi connectivity index (χ0n) is 20.5. The Morgan fingerprint density at radius 2 is 1.94 bits per heavy atom. The summed E-state index contributed by atoms with van der Waals surface area (Å²) >= 11 is 0. The molecule has 0 aliphatic carbocycles. The SMILES string of the molecule is CCS(=O)(=O)N1CCC2(CC1)CN(S(=O)(=O)c1cn(C)cn1)[C@@H](CO)c1[nH]c3cc(OC)ccc3c12. The van der Waals surface area contributed by atoms with Gasteiger partial charge in [0.1, 0.15) is 5.75 Å². The molecule has 0 bridgehead atoms. The predicted octanol–water partition coefficient (Wildman–Crippen LogP) is 1.33. The lowest BCUT2D eigenvalue weighted by atomic mass is 9.69. The molecule has 1 atom stereocenters. The first-order chi connectivity index (χ1) is 17.1. The molecule has 2 N–H and O–H groups in total. The molecule has 1 aromatic carbocycles. The number of sulfonamides is 2. The number of fused-ring (bicyclic) bond motifs is 4. The van der Waals surface area contributed by atoms with Gasteiger partial charge in [-0.1, -0.05) is 0 Å². The van der Waals surface area contributed by atoms with E-state index >= 15 is 0 Å². The molecule has 11 nitrogen and oxygen atoms in total. The van der Waals surface area contributed by atoms with Crippen molar-refractivity contribution in [2.24, 2.45) is 7.05 Å². The van der Waals surface area contributed by atoms with Gasteiger partial charge in [-0.3, -0.25) is 0 Å². The fraction of sp³-hybridized carbons (Fsp3) is 0.522. The molecule has 0 amide bonds. The molecule has 5 rings (SSSR count). The highest BCUT2D eigenvalue weighted by Crippen LogP contribution is 2.50. The Labute approximate surface area is 210 Å². The Morgan fingerprint density at radius 3 is 2.53 bits per heavy atom. The number of benzene rings is 1. The molecular formula is C23H31N5O6S2. The number of methoxy groups -OCH3 is 1. The molecule has 0 radical (unpaired) electrons. The van der Waals surface area contributed by atoms with Crippen LogP contribution in [0.4, 0.5) is 0 Å². The normalized spacial score (nSPS) is 21.2. The average molecular weight is 538 g/mol. The van der Waals surface area contributed by atoms with Crippen molar-refractivity contribution in [1.29, 1.82) is 0 Å². The first-order valence-electron chi connectivity index (χ1n) is 11.8. The van der Waals surface area contributed by atoms with Crippen LogP contribution in [0, 0.1) is 0 Å². The van der Waals surface area contributed by atoms with E-state index in [-0.39, 0.29) is 17.3 Å². The number of ether oxygens (including phenoxy) is 1.